The molecule has 94 valence electrons. The van der Waals surface area contributed by atoms with Crippen LogP contribution in [0.4, 0.5) is 0 Å². The van der Waals surface area contributed by atoms with Gasteiger partial charge in [0.2, 0.25) is 0 Å². The minimum atomic E-state index is 0.772. The summed E-state index contributed by atoms with van der Waals surface area (Å²) in [4.78, 5) is 2.70. The lowest BCUT2D eigenvalue weighted by molar-refractivity contribution is 0.0412. The van der Waals surface area contributed by atoms with E-state index in [9.17, 15) is 0 Å². The largest absolute Gasteiger partial charge is 0.346 e. The molecule has 5 rings (SSSR count). The van der Waals surface area contributed by atoms with Gasteiger partial charge in [0, 0.05) is 24.3 Å². The van der Waals surface area contributed by atoms with E-state index in [1.165, 1.54) is 49.8 Å². The first-order valence-electron chi connectivity index (χ1n) is 7.18. The van der Waals surface area contributed by atoms with Crippen LogP contribution in [0.25, 0.3) is 10.9 Å². The van der Waals surface area contributed by atoms with E-state index in [4.69, 9.17) is 0 Å². The summed E-state index contributed by atoms with van der Waals surface area (Å²) in [6.07, 6.45) is 6.53. The van der Waals surface area contributed by atoms with Crippen molar-refractivity contribution in [2.75, 3.05) is 13.1 Å². The van der Waals surface area contributed by atoms with Crippen LogP contribution in [0.2, 0.25) is 0 Å². The molecule has 2 aromatic rings. The Balaban J connectivity index is 1.61. The fourth-order valence-electron chi connectivity index (χ4n) is 3.80. The predicted octanol–water partition coefficient (Wildman–Crippen LogP) is 3.13. The zero-order chi connectivity index (χ0) is 11.9. The second-order valence-electron chi connectivity index (χ2n) is 5.90. The smallest absolute Gasteiger partial charge is 0.0480 e. The molecule has 3 aliphatic heterocycles. The minimum Gasteiger partial charge on any atom is -0.346 e. The maximum absolute atomic E-state index is 2.70. The number of benzene rings is 1. The number of para-hydroxylation sites is 1. The van der Waals surface area contributed by atoms with Gasteiger partial charge in [-0.25, -0.2) is 0 Å². The lowest BCUT2D eigenvalue weighted by Crippen LogP contribution is -2.50. The van der Waals surface area contributed by atoms with Crippen molar-refractivity contribution in [2.24, 2.45) is 5.92 Å². The molecule has 1 atom stereocenters. The Morgan fingerprint density at radius 2 is 1.89 bits per heavy atom. The third-order valence-electron chi connectivity index (χ3n) is 4.86. The summed E-state index contributed by atoms with van der Waals surface area (Å²) < 4.78 is 2.45. The van der Waals surface area contributed by atoms with Gasteiger partial charge in [0.05, 0.1) is 0 Å². The molecule has 0 N–H and O–H groups in total. The van der Waals surface area contributed by atoms with E-state index in [0.29, 0.717) is 0 Å². The van der Waals surface area contributed by atoms with Gasteiger partial charge in [-0.1, -0.05) is 18.2 Å². The van der Waals surface area contributed by atoms with Crippen molar-refractivity contribution in [1.29, 1.82) is 0 Å². The Morgan fingerprint density at radius 1 is 1.06 bits per heavy atom. The Morgan fingerprint density at radius 3 is 2.67 bits per heavy atom. The van der Waals surface area contributed by atoms with Crippen LogP contribution in [0.5, 0.6) is 0 Å². The van der Waals surface area contributed by atoms with Gasteiger partial charge in [-0.15, -0.1) is 0 Å². The number of rotatable bonds is 2. The topological polar surface area (TPSA) is 8.17 Å². The molecule has 0 spiro atoms. The van der Waals surface area contributed by atoms with E-state index in [1.807, 2.05) is 0 Å². The maximum atomic E-state index is 2.70. The Bertz CT molecular complexity index is 549. The highest BCUT2D eigenvalue weighted by Crippen LogP contribution is 2.33. The van der Waals surface area contributed by atoms with Gasteiger partial charge in [-0.05, 0) is 55.8 Å². The summed E-state index contributed by atoms with van der Waals surface area (Å²) in [6.45, 7) is 3.83. The van der Waals surface area contributed by atoms with Crippen molar-refractivity contribution in [3.05, 3.63) is 36.5 Å². The third-order valence-corrected chi connectivity index (χ3v) is 4.86. The summed E-state index contributed by atoms with van der Waals surface area (Å²) >= 11 is 0. The first-order chi connectivity index (χ1) is 8.90. The van der Waals surface area contributed by atoms with Crippen LogP contribution < -0.4 is 0 Å². The lowest BCUT2D eigenvalue weighted by atomic mass is 9.83. The fraction of sp³-hybridized carbons (Fsp3) is 0.500. The third kappa shape index (κ3) is 1.67. The molecule has 2 bridgehead atoms. The zero-order valence-corrected chi connectivity index (χ0v) is 10.8. The van der Waals surface area contributed by atoms with Gasteiger partial charge < -0.3 is 4.57 Å². The van der Waals surface area contributed by atoms with Gasteiger partial charge in [0.25, 0.3) is 0 Å². The molecule has 3 saturated heterocycles. The van der Waals surface area contributed by atoms with Crippen molar-refractivity contribution >= 4 is 10.9 Å². The van der Waals surface area contributed by atoms with Crippen LogP contribution in [-0.4, -0.2) is 28.6 Å². The van der Waals surface area contributed by atoms with Crippen LogP contribution in [0.15, 0.2) is 36.5 Å². The van der Waals surface area contributed by atoms with Crippen molar-refractivity contribution in [1.82, 2.24) is 9.47 Å². The highest BCUT2D eigenvalue weighted by molar-refractivity contribution is 5.79. The minimum absolute atomic E-state index is 0.772. The molecule has 1 unspecified atom stereocenters. The zero-order valence-electron chi connectivity index (χ0n) is 10.8. The number of hydrogen-bond donors (Lipinski definition) is 0. The summed E-state index contributed by atoms with van der Waals surface area (Å²) in [6, 6.07) is 11.7. The Kier molecular flexibility index (Phi) is 2.44. The maximum Gasteiger partial charge on any atom is 0.0480 e. The van der Waals surface area contributed by atoms with Gasteiger partial charge in [-0.3, -0.25) is 4.90 Å². The standard InChI is InChI=1S/C16H20N2/c1-2-4-16-14(3-1)7-10-18(16)12-15-11-13-5-8-17(15)9-6-13/h1-4,7,10,13,15H,5-6,8-9,11-12H2. The lowest BCUT2D eigenvalue weighted by Gasteiger charge is -2.45. The Hall–Kier alpha value is -1.28. The number of aromatic nitrogens is 1. The van der Waals surface area contributed by atoms with E-state index in [0.717, 1.165) is 12.0 Å². The molecule has 3 aliphatic rings. The molecule has 0 amide bonds. The normalized spacial score (nSPS) is 31.0. The van der Waals surface area contributed by atoms with Crippen molar-refractivity contribution < 1.29 is 0 Å². The summed E-state index contributed by atoms with van der Waals surface area (Å²) in [5.74, 6) is 1.00. The average molecular weight is 240 g/mol. The quantitative estimate of drug-likeness (QED) is 0.783. The van der Waals surface area contributed by atoms with Crippen molar-refractivity contribution in [3.8, 4) is 0 Å². The molecule has 1 aromatic heterocycles. The average Bonchev–Trinajstić information content (AvgIpc) is 2.84. The number of fused-ring (bicyclic) bond motifs is 4. The van der Waals surface area contributed by atoms with Gasteiger partial charge in [0.1, 0.15) is 0 Å². The fourth-order valence-corrected chi connectivity index (χ4v) is 3.80. The van der Waals surface area contributed by atoms with Crippen molar-refractivity contribution in [2.45, 2.75) is 31.8 Å². The molecule has 0 radical (unpaired) electrons. The van der Waals surface area contributed by atoms with Gasteiger partial charge in [-0.2, -0.15) is 0 Å². The number of hydrogen-bond acceptors (Lipinski definition) is 1. The molecule has 18 heavy (non-hydrogen) atoms. The molecule has 3 fully saturated rings. The molecule has 2 heteroatoms. The van der Waals surface area contributed by atoms with E-state index >= 15 is 0 Å². The number of piperidine rings is 3. The first-order valence-corrected chi connectivity index (χ1v) is 7.18. The van der Waals surface area contributed by atoms with E-state index < -0.39 is 0 Å². The number of nitrogens with zero attached hydrogens (tertiary/aromatic N) is 2. The van der Waals surface area contributed by atoms with Crippen LogP contribution >= 0.6 is 0 Å². The summed E-state index contributed by atoms with van der Waals surface area (Å²) in [5.41, 5.74) is 1.39. The highest BCUT2D eigenvalue weighted by Gasteiger charge is 2.33. The molecular formula is C16H20N2. The molecule has 0 aliphatic carbocycles. The van der Waals surface area contributed by atoms with E-state index in [1.54, 1.807) is 0 Å². The van der Waals surface area contributed by atoms with E-state index in [2.05, 4.69) is 46.0 Å². The monoisotopic (exact) mass is 240 g/mol. The first kappa shape index (κ1) is 10.6. The SMILES string of the molecule is c1ccc2c(c1)ccn2CC1CC2CCN1CC2. The Labute approximate surface area is 108 Å². The summed E-state index contributed by atoms with van der Waals surface area (Å²) in [5, 5.41) is 1.37. The predicted molar refractivity (Wildman–Crippen MR) is 74.6 cm³/mol. The van der Waals surface area contributed by atoms with E-state index in [-0.39, 0.29) is 0 Å². The van der Waals surface area contributed by atoms with Crippen LogP contribution in [0.3, 0.4) is 0 Å². The molecule has 2 nitrogen and oxygen atoms in total. The second kappa shape index (κ2) is 4.13. The van der Waals surface area contributed by atoms with Crippen molar-refractivity contribution in [3.63, 3.8) is 0 Å². The highest BCUT2D eigenvalue weighted by atomic mass is 15.2. The van der Waals surface area contributed by atoms with Crippen LogP contribution in [-0.2, 0) is 6.54 Å². The van der Waals surface area contributed by atoms with Crippen LogP contribution in [0.1, 0.15) is 19.3 Å². The molecule has 1 aromatic carbocycles. The van der Waals surface area contributed by atoms with Gasteiger partial charge >= 0.3 is 0 Å². The van der Waals surface area contributed by atoms with Gasteiger partial charge in [0.15, 0.2) is 0 Å². The molecule has 0 saturated carbocycles. The summed E-state index contributed by atoms with van der Waals surface area (Å²) in [7, 11) is 0. The van der Waals surface area contributed by atoms with Crippen LogP contribution in [0, 0.1) is 5.92 Å². The molecule has 4 heterocycles. The molecular weight excluding hydrogens is 220 g/mol. The second-order valence-corrected chi connectivity index (χ2v) is 5.90.